The van der Waals surface area contributed by atoms with E-state index in [0.717, 1.165) is 43.9 Å². The molecule has 2 rings (SSSR count). The number of likely N-dealkylation sites (tertiary alicyclic amines) is 1. The van der Waals surface area contributed by atoms with Crippen molar-refractivity contribution in [2.75, 3.05) is 13.1 Å². The van der Waals surface area contributed by atoms with Gasteiger partial charge < -0.3 is 5.32 Å². The third-order valence-electron chi connectivity index (χ3n) is 4.20. The third kappa shape index (κ3) is 5.01. The first kappa shape index (κ1) is 16.3. The number of nitrogens with zero attached hydrogens (tertiary/aromatic N) is 1. The Morgan fingerprint density at radius 3 is 2.81 bits per heavy atom. The highest BCUT2D eigenvalue weighted by molar-refractivity contribution is 6.30. The van der Waals surface area contributed by atoms with Gasteiger partial charge in [-0.25, -0.2) is 0 Å². The molecule has 0 bridgehead atoms. The minimum Gasteiger partial charge on any atom is -0.353 e. The summed E-state index contributed by atoms with van der Waals surface area (Å²) in [6.07, 6.45) is 3.07. The van der Waals surface area contributed by atoms with Crippen molar-refractivity contribution in [2.24, 2.45) is 5.92 Å². The zero-order chi connectivity index (χ0) is 15.2. The lowest BCUT2D eigenvalue weighted by Gasteiger charge is -2.32. The predicted molar refractivity (Wildman–Crippen MR) is 87.3 cm³/mol. The van der Waals surface area contributed by atoms with Crippen LogP contribution in [0, 0.1) is 5.92 Å². The second kappa shape index (κ2) is 7.81. The molecule has 1 N–H and O–H groups in total. The molecule has 1 aliphatic heterocycles. The van der Waals surface area contributed by atoms with Crippen LogP contribution in [-0.2, 0) is 11.3 Å². The second-order valence-corrected chi connectivity index (χ2v) is 6.46. The highest BCUT2D eigenvalue weighted by atomic mass is 35.5. The monoisotopic (exact) mass is 308 g/mol. The quantitative estimate of drug-likeness (QED) is 0.903. The van der Waals surface area contributed by atoms with E-state index in [1.54, 1.807) is 0 Å². The number of rotatable bonds is 5. The van der Waals surface area contributed by atoms with Crippen LogP contribution >= 0.6 is 11.6 Å². The summed E-state index contributed by atoms with van der Waals surface area (Å²) in [5.74, 6) is 0.338. The molecule has 0 aliphatic carbocycles. The molecule has 1 saturated heterocycles. The summed E-state index contributed by atoms with van der Waals surface area (Å²) in [5.41, 5.74) is 1.25. The van der Waals surface area contributed by atoms with E-state index in [-0.39, 0.29) is 17.9 Å². The van der Waals surface area contributed by atoms with Crippen LogP contribution in [0.4, 0.5) is 0 Å². The number of piperidine rings is 1. The van der Waals surface area contributed by atoms with Gasteiger partial charge in [0.1, 0.15) is 0 Å². The summed E-state index contributed by atoms with van der Waals surface area (Å²) in [4.78, 5) is 14.6. The Morgan fingerprint density at radius 1 is 1.43 bits per heavy atom. The fourth-order valence-electron chi connectivity index (χ4n) is 2.72. The van der Waals surface area contributed by atoms with Crippen LogP contribution in [0.3, 0.4) is 0 Å². The van der Waals surface area contributed by atoms with Crippen LogP contribution in [-0.4, -0.2) is 29.9 Å². The zero-order valence-corrected chi connectivity index (χ0v) is 13.7. The SMILES string of the molecule is CC[C@H](C)NC(=O)[C@H]1CCCN(Cc2ccc(Cl)cc2)C1. The largest absolute Gasteiger partial charge is 0.353 e. The third-order valence-corrected chi connectivity index (χ3v) is 4.45. The summed E-state index contributed by atoms with van der Waals surface area (Å²) in [6.45, 7) is 6.97. The maximum atomic E-state index is 12.3. The normalized spacial score (nSPS) is 21.0. The highest BCUT2D eigenvalue weighted by Crippen LogP contribution is 2.20. The van der Waals surface area contributed by atoms with Gasteiger partial charge in [0.25, 0.3) is 0 Å². The van der Waals surface area contributed by atoms with Gasteiger partial charge in [0.2, 0.25) is 5.91 Å². The lowest BCUT2D eigenvalue weighted by atomic mass is 9.96. The van der Waals surface area contributed by atoms with Crippen molar-refractivity contribution in [2.45, 2.75) is 45.7 Å². The van der Waals surface area contributed by atoms with E-state index < -0.39 is 0 Å². The summed E-state index contributed by atoms with van der Waals surface area (Å²) in [7, 11) is 0. The number of amides is 1. The topological polar surface area (TPSA) is 32.3 Å². The van der Waals surface area contributed by atoms with Crippen molar-refractivity contribution >= 4 is 17.5 Å². The maximum Gasteiger partial charge on any atom is 0.224 e. The number of hydrogen-bond donors (Lipinski definition) is 1. The molecule has 1 fully saturated rings. The standard InChI is InChI=1S/C17H25ClN2O/c1-3-13(2)19-17(21)15-5-4-10-20(12-15)11-14-6-8-16(18)9-7-14/h6-9,13,15H,3-5,10-12H2,1-2H3,(H,19,21)/t13-,15-/m0/s1. The van der Waals surface area contributed by atoms with Crippen molar-refractivity contribution < 1.29 is 4.79 Å². The lowest BCUT2D eigenvalue weighted by Crippen LogP contribution is -2.44. The Hall–Kier alpha value is -1.06. The smallest absolute Gasteiger partial charge is 0.224 e. The van der Waals surface area contributed by atoms with Gasteiger partial charge in [-0.1, -0.05) is 30.7 Å². The molecule has 116 valence electrons. The maximum absolute atomic E-state index is 12.3. The molecule has 0 spiro atoms. The van der Waals surface area contributed by atoms with E-state index in [4.69, 9.17) is 11.6 Å². The average molecular weight is 309 g/mol. The number of carbonyl (C=O) groups is 1. The molecule has 0 unspecified atom stereocenters. The molecule has 3 nitrogen and oxygen atoms in total. The summed E-state index contributed by atoms with van der Waals surface area (Å²) >= 11 is 5.91. The molecule has 0 saturated carbocycles. The van der Waals surface area contributed by atoms with Gasteiger partial charge in [0.05, 0.1) is 5.92 Å². The van der Waals surface area contributed by atoms with Crippen LogP contribution in [0.1, 0.15) is 38.7 Å². The fourth-order valence-corrected chi connectivity index (χ4v) is 2.85. The summed E-state index contributed by atoms with van der Waals surface area (Å²) in [6, 6.07) is 8.24. The Labute approximate surface area is 132 Å². The molecular formula is C17H25ClN2O. The van der Waals surface area contributed by atoms with Crippen LogP contribution in [0.2, 0.25) is 5.02 Å². The Morgan fingerprint density at radius 2 is 2.14 bits per heavy atom. The molecule has 1 aliphatic rings. The number of carbonyl (C=O) groups excluding carboxylic acids is 1. The van der Waals surface area contributed by atoms with Gasteiger partial charge in [-0.05, 0) is 50.4 Å². The summed E-state index contributed by atoms with van der Waals surface area (Å²) < 4.78 is 0. The van der Waals surface area contributed by atoms with Gasteiger partial charge in [0, 0.05) is 24.2 Å². The number of benzene rings is 1. The van der Waals surface area contributed by atoms with Crippen LogP contribution in [0.15, 0.2) is 24.3 Å². The first-order valence-electron chi connectivity index (χ1n) is 7.85. The predicted octanol–water partition coefficient (Wildman–Crippen LogP) is 3.47. The summed E-state index contributed by atoms with van der Waals surface area (Å²) in [5, 5.41) is 3.87. The van der Waals surface area contributed by atoms with Crippen molar-refractivity contribution in [3.63, 3.8) is 0 Å². The first-order valence-corrected chi connectivity index (χ1v) is 8.23. The molecule has 1 amide bonds. The molecule has 1 aromatic rings. The van der Waals surface area contributed by atoms with E-state index in [2.05, 4.69) is 36.2 Å². The molecule has 21 heavy (non-hydrogen) atoms. The molecule has 0 aromatic heterocycles. The minimum absolute atomic E-state index is 0.125. The van der Waals surface area contributed by atoms with Gasteiger partial charge in [-0.3, -0.25) is 9.69 Å². The van der Waals surface area contributed by atoms with Crippen molar-refractivity contribution in [1.82, 2.24) is 10.2 Å². The minimum atomic E-state index is 0.125. The van der Waals surface area contributed by atoms with Crippen molar-refractivity contribution in [1.29, 1.82) is 0 Å². The van der Waals surface area contributed by atoms with Crippen LogP contribution in [0.5, 0.6) is 0 Å². The van der Waals surface area contributed by atoms with E-state index >= 15 is 0 Å². The van der Waals surface area contributed by atoms with E-state index in [1.165, 1.54) is 5.56 Å². The molecule has 4 heteroatoms. The molecule has 1 heterocycles. The number of hydrogen-bond acceptors (Lipinski definition) is 2. The highest BCUT2D eigenvalue weighted by Gasteiger charge is 2.26. The average Bonchev–Trinajstić information content (AvgIpc) is 2.49. The Bertz CT molecular complexity index is 460. The van der Waals surface area contributed by atoms with Gasteiger partial charge in [-0.2, -0.15) is 0 Å². The Balaban J connectivity index is 1.88. The first-order chi connectivity index (χ1) is 10.1. The second-order valence-electron chi connectivity index (χ2n) is 6.02. The van der Waals surface area contributed by atoms with Crippen LogP contribution in [0.25, 0.3) is 0 Å². The van der Waals surface area contributed by atoms with Gasteiger partial charge >= 0.3 is 0 Å². The fraction of sp³-hybridized carbons (Fsp3) is 0.588. The van der Waals surface area contributed by atoms with Crippen LogP contribution < -0.4 is 5.32 Å². The molecular weight excluding hydrogens is 284 g/mol. The van der Waals surface area contributed by atoms with E-state index in [0.29, 0.717) is 0 Å². The van der Waals surface area contributed by atoms with Gasteiger partial charge in [-0.15, -0.1) is 0 Å². The molecule has 1 aromatic carbocycles. The van der Waals surface area contributed by atoms with Gasteiger partial charge in [0.15, 0.2) is 0 Å². The molecule has 0 radical (unpaired) electrons. The van der Waals surface area contributed by atoms with Crippen molar-refractivity contribution in [3.05, 3.63) is 34.9 Å². The Kier molecular flexibility index (Phi) is 6.07. The van der Waals surface area contributed by atoms with E-state index in [1.807, 2.05) is 12.1 Å². The van der Waals surface area contributed by atoms with E-state index in [9.17, 15) is 4.79 Å². The van der Waals surface area contributed by atoms with Crippen molar-refractivity contribution in [3.8, 4) is 0 Å². The lowest BCUT2D eigenvalue weighted by molar-refractivity contribution is -0.127. The number of halogens is 1. The zero-order valence-electron chi connectivity index (χ0n) is 12.9. The molecule has 2 atom stereocenters. The number of nitrogens with one attached hydrogen (secondary N) is 1.